The molecule has 2 heterocycles. The van der Waals surface area contributed by atoms with Crippen molar-refractivity contribution < 1.29 is 24.0 Å². The normalized spacial score (nSPS) is 18.7. The predicted molar refractivity (Wildman–Crippen MR) is 98.4 cm³/mol. The highest BCUT2D eigenvalue weighted by atomic mass is 16.7. The van der Waals surface area contributed by atoms with Gasteiger partial charge in [-0.3, -0.25) is 4.79 Å². The molecule has 0 bridgehead atoms. The standard InChI is InChI=1S/C17H24BN3O5/c1-10(22)20-9-12(18-25-16(2,3)17(4,5)26-18)6-11-7-13(19)14(15(23)24)21-8-11/h6-8H,9,19H2,1-5H3,(H,20,22)(H,23,24). The summed E-state index contributed by atoms with van der Waals surface area (Å²) < 4.78 is 12.1. The van der Waals surface area contributed by atoms with Crippen LogP contribution in [0.1, 0.15) is 50.7 Å². The Morgan fingerprint density at radius 2 is 1.88 bits per heavy atom. The van der Waals surface area contributed by atoms with Gasteiger partial charge >= 0.3 is 13.1 Å². The lowest BCUT2D eigenvalue weighted by molar-refractivity contribution is -0.118. The molecule has 1 aromatic heterocycles. The number of carboxylic acid groups (broad SMARTS) is 1. The first-order chi connectivity index (χ1) is 11.9. The van der Waals surface area contributed by atoms with Crippen molar-refractivity contribution in [2.75, 3.05) is 12.3 Å². The fraction of sp³-hybridized carbons (Fsp3) is 0.471. The van der Waals surface area contributed by atoms with Crippen molar-refractivity contribution in [2.24, 2.45) is 0 Å². The second-order valence-electron chi connectivity index (χ2n) is 7.23. The lowest BCUT2D eigenvalue weighted by Gasteiger charge is -2.32. The lowest BCUT2D eigenvalue weighted by atomic mass is 9.77. The molecule has 2 rings (SSSR count). The highest BCUT2D eigenvalue weighted by Crippen LogP contribution is 2.38. The summed E-state index contributed by atoms with van der Waals surface area (Å²) in [6.45, 7) is 9.37. The highest BCUT2D eigenvalue weighted by molar-refractivity contribution is 6.56. The first-order valence-corrected chi connectivity index (χ1v) is 8.22. The number of pyridine rings is 1. The highest BCUT2D eigenvalue weighted by Gasteiger charge is 2.52. The number of aromatic nitrogens is 1. The SMILES string of the molecule is CC(=O)NCC(=Cc1cnc(C(=O)O)c(N)c1)B1OC(C)(C)C(C)(C)O1. The van der Waals surface area contributed by atoms with Gasteiger partial charge in [0.2, 0.25) is 5.91 Å². The number of hydrogen-bond donors (Lipinski definition) is 3. The topological polar surface area (TPSA) is 124 Å². The lowest BCUT2D eigenvalue weighted by Crippen LogP contribution is -2.41. The number of nitrogens with two attached hydrogens (primary N) is 1. The van der Waals surface area contributed by atoms with E-state index >= 15 is 0 Å². The molecule has 0 aliphatic carbocycles. The third-order valence-corrected chi connectivity index (χ3v) is 4.59. The summed E-state index contributed by atoms with van der Waals surface area (Å²) in [5.41, 5.74) is 5.80. The Morgan fingerprint density at radius 1 is 1.31 bits per heavy atom. The molecule has 1 aliphatic heterocycles. The van der Waals surface area contributed by atoms with Crippen molar-refractivity contribution in [1.82, 2.24) is 10.3 Å². The van der Waals surface area contributed by atoms with Crippen LogP contribution in [0.2, 0.25) is 0 Å². The Labute approximate surface area is 152 Å². The average Bonchev–Trinajstić information content (AvgIpc) is 2.71. The maximum absolute atomic E-state index is 11.3. The number of nitrogens with one attached hydrogen (secondary N) is 1. The third kappa shape index (κ3) is 4.23. The maximum Gasteiger partial charge on any atom is 0.492 e. The van der Waals surface area contributed by atoms with Crippen LogP contribution in [0.15, 0.2) is 17.7 Å². The van der Waals surface area contributed by atoms with Crippen LogP contribution in [0.3, 0.4) is 0 Å². The summed E-state index contributed by atoms with van der Waals surface area (Å²) in [5.74, 6) is -1.38. The van der Waals surface area contributed by atoms with Crippen LogP contribution in [-0.2, 0) is 14.1 Å². The number of hydrogen-bond acceptors (Lipinski definition) is 6. The minimum Gasteiger partial charge on any atom is -0.476 e. The molecule has 1 aliphatic rings. The molecule has 1 aromatic rings. The molecule has 1 amide bonds. The second-order valence-corrected chi connectivity index (χ2v) is 7.23. The molecule has 0 spiro atoms. The Kier molecular flexibility index (Phi) is 5.43. The van der Waals surface area contributed by atoms with E-state index in [-0.39, 0.29) is 23.8 Å². The Hall–Kier alpha value is -2.39. The van der Waals surface area contributed by atoms with Gasteiger partial charge in [0, 0.05) is 19.7 Å². The van der Waals surface area contributed by atoms with E-state index in [9.17, 15) is 9.59 Å². The molecule has 26 heavy (non-hydrogen) atoms. The Bertz CT molecular complexity index is 745. The number of nitrogen functional groups attached to an aromatic ring is 1. The molecule has 0 saturated carbocycles. The summed E-state index contributed by atoms with van der Waals surface area (Å²) in [6.07, 6.45) is 3.13. The van der Waals surface area contributed by atoms with Crippen molar-refractivity contribution >= 4 is 30.8 Å². The van der Waals surface area contributed by atoms with E-state index in [1.807, 2.05) is 27.7 Å². The number of carbonyl (C=O) groups is 2. The molecule has 8 nitrogen and oxygen atoms in total. The molecule has 140 valence electrons. The zero-order valence-corrected chi connectivity index (χ0v) is 15.6. The van der Waals surface area contributed by atoms with Crippen LogP contribution in [0, 0.1) is 0 Å². The van der Waals surface area contributed by atoms with Gasteiger partial charge in [-0.1, -0.05) is 6.08 Å². The van der Waals surface area contributed by atoms with E-state index in [1.54, 1.807) is 6.08 Å². The summed E-state index contributed by atoms with van der Waals surface area (Å²) in [7, 11) is -0.660. The van der Waals surface area contributed by atoms with Crippen LogP contribution in [0.4, 0.5) is 5.69 Å². The summed E-state index contributed by atoms with van der Waals surface area (Å²) in [6, 6.07) is 1.51. The van der Waals surface area contributed by atoms with Gasteiger partial charge in [-0.25, -0.2) is 9.78 Å². The Balaban J connectivity index is 2.36. The number of carbonyl (C=O) groups excluding carboxylic acids is 1. The molecular weight excluding hydrogens is 337 g/mol. The number of carboxylic acids is 1. The molecule has 0 atom stereocenters. The van der Waals surface area contributed by atoms with Crippen LogP contribution in [-0.4, -0.2) is 46.8 Å². The molecular formula is C17H24BN3O5. The third-order valence-electron chi connectivity index (χ3n) is 4.59. The average molecular weight is 361 g/mol. The van der Waals surface area contributed by atoms with Crippen molar-refractivity contribution in [1.29, 1.82) is 0 Å². The van der Waals surface area contributed by atoms with Gasteiger partial charge in [-0.2, -0.15) is 0 Å². The van der Waals surface area contributed by atoms with E-state index in [1.165, 1.54) is 19.2 Å². The fourth-order valence-electron chi connectivity index (χ4n) is 2.39. The molecule has 1 saturated heterocycles. The first kappa shape index (κ1) is 19.9. The number of amides is 1. The molecule has 0 unspecified atom stereocenters. The minimum atomic E-state index is -1.19. The van der Waals surface area contributed by atoms with Crippen molar-refractivity contribution in [3.63, 3.8) is 0 Å². The van der Waals surface area contributed by atoms with E-state index in [4.69, 9.17) is 20.1 Å². The molecule has 9 heteroatoms. The number of rotatable bonds is 5. The number of nitrogens with zero attached hydrogens (tertiary/aromatic N) is 1. The molecule has 0 radical (unpaired) electrons. The van der Waals surface area contributed by atoms with Crippen LogP contribution >= 0.6 is 0 Å². The summed E-state index contributed by atoms with van der Waals surface area (Å²) in [4.78, 5) is 26.2. The van der Waals surface area contributed by atoms with Gasteiger partial charge in [0.25, 0.3) is 0 Å². The fourth-order valence-corrected chi connectivity index (χ4v) is 2.39. The molecule has 0 aromatic carbocycles. The smallest absolute Gasteiger partial charge is 0.476 e. The first-order valence-electron chi connectivity index (χ1n) is 8.22. The van der Waals surface area contributed by atoms with E-state index in [2.05, 4.69) is 10.3 Å². The van der Waals surface area contributed by atoms with Crippen molar-refractivity contribution in [2.45, 2.75) is 45.8 Å². The zero-order valence-electron chi connectivity index (χ0n) is 15.6. The van der Waals surface area contributed by atoms with Gasteiger partial charge in [-0.15, -0.1) is 0 Å². The van der Waals surface area contributed by atoms with E-state index < -0.39 is 24.3 Å². The van der Waals surface area contributed by atoms with E-state index in [0.29, 0.717) is 11.0 Å². The van der Waals surface area contributed by atoms with Gasteiger partial charge in [0.05, 0.1) is 16.9 Å². The van der Waals surface area contributed by atoms with Crippen LogP contribution in [0.5, 0.6) is 0 Å². The summed E-state index contributed by atoms with van der Waals surface area (Å²) >= 11 is 0. The quantitative estimate of drug-likeness (QED) is 0.679. The molecule has 1 fully saturated rings. The van der Waals surface area contributed by atoms with Crippen molar-refractivity contribution in [3.8, 4) is 0 Å². The van der Waals surface area contributed by atoms with Crippen molar-refractivity contribution in [3.05, 3.63) is 29.0 Å². The molecule has 4 N–H and O–H groups in total. The van der Waals surface area contributed by atoms with Gasteiger partial charge in [0.15, 0.2) is 5.69 Å². The van der Waals surface area contributed by atoms with E-state index in [0.717, 1.165) is 0 Å². The van der Waals surface area contributed by atoms with Crippen LogP contribution in [0.25, 0.3) is 6.08 Å². The Morgan fingerprint density at radius 3 is 2.35 bits per heavy atom. The maximum atomic E-state index is 11.3. The largest absolute Gasteiger partial charge is 0.492 e. The monoisotopic (exact) mass is 361 g/mol. The zero-order chi connectivity index (χ0) is 19.7. The summed E-state index contributed by atoms with van der Waals surface area (Å²) in [5, 5.41) is 11.8. The van der Waals surface area contributed by atoms with Gasteiger partial charge in [0.1, 0.15) is 0 Å². The number of anilines is 1. The number of aromatic carboxylic acids is 1. The van der Waals surface area contributed by atoms with Crippen LogP contribution < -0.4 is 11.1 Å². The van der Waals surface area contributed by atoms with Gasteiger partial charge in [-0.05, 0) is 44.8 Å². The van der Waals surface area contributed by atoms with Gasteiger partial charge < -0.3 is 25.5 Å². The second kappa shape index (κ2) is 7.09. The predicted octanol–water partition coefficient (Wildman–Crippen LogP) is 1.51. The minimum absolute atomic E-state index is 0.0547.